The molecular formula is C17H18O2. The molecule has 2 nitrogen and oxygen atoms in total. The largest absolute Gasteiger partial charge is 0.507 e. The van der Waals surface area contributed by atoms with Gasteiger partial charge < -0.3 is 5.11 Å². The lowest BCUT2D eigenvalue weighted by Crippen LogP contribution is -2.04. The van der Waals surface area contributed by atoms with E-state index in [1.165, 1.54) is 0 Å². The van der Waals surface area contributed by atoms with Crippen molar-refractivity contribution in [2.45, 2.75) is 20.3 Å². The third-order valence-corrected chi connectivity index (χ3v) is 3.00. The highest BCUT2D eigenvalue weighted by Gasteiger charge is 2.13. The van der Waals surface area contributed by atoms with Crippen molar-refractivity contribution in [3.63, 3.8) is 0 Å². The number of hydrogen-bond donors (Lipinski definition) is 1. The Hall–Kier alpha value is -2.09. The average molecular weight is 254 g/mol. The number of carbonyl (C=O) groups is 1. The smallest absolute Gasteiger partial charge is 0.166 e. The van der Waals surface area contributed by atoms with Crippen molar-refractivity contribution in [2.24, 2.45) is 5.92 Å². The number of phenols is 1. The highest BCUT2D eigenvalue weighted by Crippen LogP contribution is 2.27. The fourth-order valence-electron chi connectivity index (χ4n) is 2.05. The van der Waals surface area contributed by atoms with Gasteiger partial charge in [0.15, 0.2) is 5.78 Å². The molecule has 0 aliphatic carbocycles. The monoisotopic (exact) mass is 254 g/mol. The third kappa shape index (κ3) is 3.22. The van der Waals surface area contributed by atoms with E-state index in [2.05, 4.69) is 0 Å². The minimum Gasteiger partial charge on any atom is -0.507 e. The summed E-state index contributed by atoms with van der Waals surface area (Å²) >= 11 is 0. The summed E-state index contributed by atoms with van der Waals surface area (Å²) in [4.78, 5) is 12.1. The Kier molecular flexibility index (Phi) is 4.00. The molecule has 0 bridgehead atoms. The molecule has 0 unspecified atom stereocenters. The van der Waals surface area contributed by atoms with Crippen LogP contribution in [0.2, 0.25) is 0 Å². The van der Waals surface area contributed by atoms with Crippen LogP contribution in [0.1, 0.15) is 30.6 Å². The van der Waals surface area contributed by atoms with Gasteiger partial charge in [0.1, 0.15) is 5.75 Å². The maximum atomic E-state index is 12.1. The van der Waals surface area contributed by atoms with Crippen LogP contribution in [0.15, 0.2) is 48.5 Å². The van der Waals surface area contributed by atoms with Crippen molar-refractivity contribution in [1.29, 1.82) is 0 Å². The van der Waals surface area contributed by atoms with Gasteiger partial charge >= 0.3 is 0 Å². The molecule has 19 heavy (non-hydrogen) atoms. The van der Waals surface area contributed by atoms with Crippen molar-refractivity contribution in [2.75, 3.05) is 0 Å². The minimum atomic E-state index is -0.00900. The molecule has 0 amide bonds. The zero-order chi connectivity index (χ0) is 13.8. The molecule has 0 fully saturated rings. The zero-order valence-corrected chi connectivity index (χ0v) is 11.3. The van der Waals surface area contributed by atoms with Gasteiger partial charge in [0, 0.05) is 6.42 Å². The van der Waals surface area contributed by atoms with Crippen LogP contribution in [-0.2, 0) is 0 Å². The van der Waals surface area contributed by atoms with E-state index in [0.717, 1.165) is 11.1 Å². The molecule has 0 heterocycles. The molecule has 1 N–H and O–H groups in total. The first-order valence-corrected chi connectivity index (χ1v) is 6.49. The first-order valence-electron chi connectivity index (χ1n) is 6.49. The van der Waals surface area contributed by atoms with E-state index in [-0.39, 0.29) is 17.5 Å². The lowest BCUT2D eigenvalue weighted by Gasteiger charge is -2.09. The standard InChI is InChI=1S/C17H18O2/c1-12(2)10-17(19)15-11-14(8-9-16(15)18)13-6-4-3-5-7-13/h3-9,11-12,18H,10H2,1-2H3. The van der Waals surface area contributed by atoms with Gasteiger partial charge in [-0.1, -0.05) is 50.2 Å². The normalized spacial score (nSPS) is 10.7. The highest BCUT2D eigenvalue weighted by atomic mass is 16.3. The number of ketones is 1. The molecule has 2 aromatic rings. The summed E-state index contributed by atoms with van der Waals surface area (Å²) in [6.45, 7) is 3.99. The molecule has 0 aliphatic heterocycles. The number of carbonyl (C=O) groups excluding carboxylic acids is 1. The molecule has 2 rings (SSSR count). The summed E-state index contributed by atoms with van der Waals surface area (Å²) in [5.74, 6) is 0.336. The second-order valence-electron chi connectivity index (χ2n) is 5.12. The predicted octanol–water partition coefficient (Wildman–Crippen LogP) is 4.29. The van der Waals surface area contributed by atoms with Gasteiger partial charge in [-0.05, 0) is 29.2 Å². The van der Waals surface area contributed by atoms with Crippen LogP contribution in [0.4, 0.5) is 0 Å². The Balaban J connectivity index is 2.38. The first kappa shape index (κ1) is 13.3. The van der Waals surface area contributed by atoms with E-state index in [9.17, 15) is 9.90 Å². The summed E-state index contributed by atoms with van der Waals surface area (Å²) in [5.41, 5.74) is 2.40. The van der Waals surface area contributed by atoms with Crippen molar-refractivity contribution < 1.29 is 9.90 Å². The van der Waals surface area contributed by atoms with Crippen molar-refractivity contribution in [3.05, 3.63) is 54.1 Å². The van der Waals surface area contributed by atoms with Crippen molar-refractivity contribution >= 4 is 5.78 Å². The van der Waals surface area contributed by atoms with Gasteiger partial charge in [0.05, 0.1) is 5.56 Å². The van der Waals surface area contributed by atoms with Gasteiger partial charge in [-0.15, -0.1) is 0 Å². The molecule has 98 valence electrons. The van der Waals surface area contributed by atoms with Gasteiger partial charge in [-0.3, -0.25) is 4.79 Å². The molecular weight excluding hydrogens is 236 g/mol. The Morgan fingerprint density at radius 3 is 2.37 bits per heavy atom. The lowest BCUT2D eigenvalue weighted by molar-refractivity contribution is 0.0965. The summed E-state index contributed by atoms with van der Waals surface area (Å²) in [7, 11) is 0. The number of phenolic OH excluding ortho intramolecular Hbond substituents is 1. The Labute approximate surface area is 113 Å². The summed E-state index contributed by atoms with van der Waals surface area (Å²) in [6.07, 6.45) is 0.450. The fourth-order valence-corrected chi connectivity index (χ4v) is 2.05. The number of aromatic hydroxyl groups is 1. The van der Waals surface area contributed by atoms with Crippen LogP contribution >= 0.6 is 0 Å². The maximum Gasteiger partial charge on any atom is 0.166 e. The summed E-state index contributed by atoms with van der Waals surface area (Å²) < 4.78 is 0. The van der Waals surface area contributed by atoms with Crippen LogP contribution in [0.5, 0.6) is 5.75 Å². The Morgan fingerprint density at radius 2 is 1.74 bits per heavy atom. The fraction of sp³-hybridized carbons (Fsp3) is 0.235. The molecule has 0 saturated heterocycles. The second kappa shape index (κ2) is 5.70. The number of benzene rings is 2. The van der Waals surface area contributed by atoms with Crippen LogP contribution < -0.4 is 0 Å². The second-order valence-corrected chi connectivity index (χ2v) is 5.12. The maximum absolute atomic E-state index is 12.1. The molecule has 0 saturated carbocycles. The predicted molar refractivity (Wildman–Crippen MR) is 77.3 cm³/mol. The third-order valence-electron chi connectivity index (χ3n) is 3.00. The minimum absolute atomic E-state index is 0.00900. The van der Waals surface area contributed by atoms with Crippen LogP contribution in [0.3, 0.4) is 0 Å². The molecule has 0 aromatic heterocycles. The molecule has 0 aliphatic rings. The molecule has 2 aromatic carbocycles. The van der Waals surface area contributed by atoms with Gasteiger partial charge in [0.2, 0.25) is 0 Å². The first-order chi connectivity index (χ1) is 9.08. The van der Waals surface area contributed by atoms with Crippen LogP contribution in [0.25, 0.3) is 11.1 Å². The van der Waals surface area contributed by atoms with Gasteiger partial charge in [0.25, 0.3) is 0 Å². The number of Topliss-reactive ketones (excluding diaryl/α,β-unsaturated/α-hetero) is 1. The number of hydrogen-bond acceptors (Lipinski definition) is 2. The molecule has 0 atom stereocenters. The SMILES string of the molecule is CC(C)CC(=O)c1cc(-c2ccccc2)ccc1O. The van der Waals surface area contributed by atoms with E-state index in [1.54, 1.807) is 12.1 Å². The topological polar surface area (TPSA) is 37.3 Å². The molecule has 0 radical (unpaired) electrons. The summed E-state index contributed by atoms with van der Waals surface area (Å²) in [6, 6.07) is 15.0. The lowest BCUT2D eigenvalue weighted by atomic mass is 9.96. The zero-order valence-electron chi connectivity index (χ0n) is 11.3. The van der Waals surface area contributed by atoms with E-state index >= 15 is 0 Å². The molecule has 2 heteroatoms. The quantitative estimate of drug-likeness (QED) is 0.826. The Bertz CT molecular complexity index is 571. The average Bonchev–Trinajstić information content (AvgIpc) is 2.39. The van der Waals surface area contributed by atoms with E-state index < -0.39 is 0 Å². The molecule has 0 spiro atoms. The van der Waals surface area contributed by atoms with Gasteiger partial charge in [-0.2, -0.15) is 0 Å². The van der Waals surface area contributed by atoms with Crippen LogP contribution in [0, 0.1) is 5.92 Å². The van der Waals surface area contributed by atoms with Gasteiger partial charge in [-0.25, -0.2) is 0 Å². The van der Waals surface area contributed by atoms with Crippen molar-refractivity contribution in [3.8, 4) is 16.9 Å². The van der Waals surface area contributed by atoms with Crippen LogP contribution in [-0.4, -0.2) is 10.9 Å². The summed E-state index contributed by atoms with van der Waals surface area (Å²) in [5, 5.41) is 9.84. The van der Waals surface area contributed by atoms with Crippen molar-refractivity contribution in [1.82, 2.24) is 0 Å². The Morgan fingerprint density at radius 1 is 1.05 bits per heavy atom. The van der Waals surface area contributed by atoms with E-state index in [0.29, 0.717) is 12.0 Å². The number of rotatable bonds is 4. The van der Waals surface area contributed by atoms with E-state index in [4.69, 9.17) is 0 Å². The highest BCUT2D eigenvalue weighted by molar-refractivity contribution is 5.99. The van der Waals surface area contributed by atoms with E-state index in [1.807, 2.05) is 50.2 Å².